The first kappa shape index (κ1) is 29.5. The first-order chi connectivity index (χ1) is 17.0. The van der Waals surface area contributed by atoms with Crippen LogP contribution in [0.1, 0.15) is 45.6 Å². The second-order valence-corrected chi connectivity index (χ2v) is 11.1. The lowest BCUT2D eigenvalue weighted by Crippen LogP contribution is -2.49. The summed E-state index contributed by atoms with van der Waals surface area (Å²) in [7, 11) is -2.08. The van der Waals surface area contributed by atoms with E-state index in [1.165, 1.54) is 16.3 Å². The highest BCUT2D eigenvalue weighted by Crippen LogP contribution is 2.24. The Morgan fingerprint density at radius 3 is 2.42 bits per heavy atom. The van der Waals surface area contributed by atoms with Gasteiger partial charge in [0, 0.05) is 36.6 Å². The lowest BCUT2D eigenvalue weighted by molar-refractivity contribution is -0.140. The van der Waals surface area contributed by atoms with Crippen molar-refractivity contribution in [2.45, 2.75) is 58.7 Å². The molecule has 0 spiro atoms. The number of methoxy groups -OCH3 is 1. The molecule has 2 amide bonds. The molecule has 0 aromatic heterocycles. The smallest absolute Gasteiger partial charge is 0.242 e. The fourth-order valence-electron chi connectivity index (χ4n) is 3.65. The number of hydrogen-bond donors (Lipinski definition) is 1. The van der Waals surface area contributed by atoms with Crippen LogP contribution in [0.25, 0.3) is 0 Å². The number of sulfonamides is 1. The van der Waals surface area contributed by atoms with Crippen LogP contribution in [0.5, 0.6) is 5.75 Å². The minimum atomic E-state index is -3.59. The lowest BCUT2D eigenvalue weighted by atomic mass is 10.1. The Morgan fingerprint density at radius 1 is 1.11 bits per heavy atom. The molecule has 0 aliphatic heterocycles. The van der Waals surface area contributed by atoms with Gasteiger partial charge >= 0.3 is 0 Å². The zero-order valence-electron chi connectivity index (χ0n) is 21.5. The van der Waals surface area contributed by atoms with E-state index in [2.05, 4.69) is 5.32 Å². The van der Waals surface area contributed by atoms with E-state index >= 15 is 0 Å². The number of ether oxygens (including phenoxy) is 1. The van der Waals surface area contributed by atoms with Crippen LogP contribution < -0.4 is 14.4 Å². The molecular formula is C26H36ClN3O5S. The van der Waals surface area contributed by atoms with Crippen LogP contribution in [0.3, 0.4) is 0 Å². The zero-order chi connectivity index (χ0) is 26.9. The summed E-state index contributed by atoms with van der Waals surface area (Å²) in [5.41, 5.74) is 1.26. The molecule has 0 heterocycles. The minimum absolute atomic E-state index is 0.0192. The topological polar surface area (TPSA) is 96.0 Å². The molecule has 1 N–H and O–H groups in total. The van der Waals surface area contributed by atoms with E-state index in [1.54, 1.807) is 49.4 Å². The third-order valence-electron chi connectivity index (χ3n) is 5.90. The van der Waals surface area contributed by atoms with Crippen molar-refractivity contribution >= 4 is 39.1 Å². The van der Waals surface area contributed by atoms with Crippen LogP contribution in [0.2, 0.25) is 5.02 Å². The fourth-order valence-corrected chi connectivity index (χ4v) is 4.82. The predicted molar refractivity (Wildman–Crippen MR) is 144 cm³/mol. The van der Waals surface area contributed by atoms with Gasteiger partial charge in [-0.1, -0.05) is 36.7 Å². The number of hydrogen-bond acceptors (Lipinski definition) is 5. The van der Waals surface area contributed by atoms with Gasteiger partial charge in [-0.3, -0.25) is 13.9 Å². The van der Waals surface area contributed by atoms with Crippen molar-refractivity contribution in [2.24, 2.45) is 0 Å². The molecule has 36 heavy (non-hydrogen) atoms. The number of anilines is 1. The van der Waals surface area contributed by atoms with Gasteiger partial charge < -0.3 is 15.0 Å². The van der Waals surface area contributed by atoms with Gasteiger partial charge in [0.2, 0.25) is 21.8 Å². The first-order valence-corrected chi connectivity index (χ1v) is 14.1. The van der Waals surface area contributed by atoms with E-state index in [9.17, 15) is 18.0 Å². The largest absolute Gasteiger partial charge is 0.497 e. The van der Waals surface area contributed by atoms with Gasteiger partial charge in [-0.2, -0.15) is 0 Å². The summed E-state index contributed by atoms with van der Waals surface area (Å²) in [4.78, 5) is 27.7. The van der Waals surface area contributed by atoms with E-state index in [0.717, 1.165) is 18.2 Å². The van der Waals surface area contributed by atoms with Crippen molar-refractivity contribution < 1.29 is 22.7 Å². The van der Waals surface area contributed by atoms with Crippen molar-refractivity contribution in [1.29, 1.82) is 0 Å². The van der Waals surface area contributed by atoms with Crippen LogP contribution in [0.15, 0.2) is 48.5 Å². The third kappa shape index (κ3) is 8.71. The summed E-state index contributed by atoms with van der Waals surface area (Å²) in [5, 5.41) is 3.47. The van der Waals surface area contributed by atoms with E-state index in [1.807, 2.05) is 19.9 Å². The Kier molecular flexibility index (Phi) is 11.0. The molecule has 0 aliphatic rings. The van der Waals surface area contributed by atoms with Gasteiger partial charge in [-0.25, -0.2) is 8.42 Å². The van der Waals surface area contributed by atoms with Crippen molar-refractivity contribution in [3.8, 4) is 5.75 Å². The zero-order valence-corrected chi connectivity index (χ0v) is 23.1. The normalized spacial score (nSPS) is 12.9. The highest BCUT2D eigenvalue weighted by Gasteiger charge is 2.27. The molecule has 10 heteroatoms. The summed E-state index contributed by atoms with van der Waals surface area (Å²) in [5.74, 6) is 0.0424. The number of rotatable bonds is 13. The van der Waals surface area contributed by atoms with Gasteiger partial charge in [0.25, 0.3) is 0 Å². The van der Waals surface area contributed by atoms with E-state index in [-0.39, 0.29) is 43.8 Å². The monoisotopic (exact) mass is 537 g/mol. The molecule has 0 unspecified atom stereocenters. The van der Waals surface area contributed by atoms with Crippen LogP contribution in [0, 0.1) is 0 Å². The number of carbonyl (C=O) groups excluding carboxylic acids is 2. The Hall–Kier alpha value is -2.78. The van der Waals surface area contributed by atoms with E-state index in [4.69, 9.17) is 16.3 Å². The second kappa shape index (κ2) is 13.5. The number of halogens is 1. The van der Waals surface area contributed by atoms with Gasteiger partial charge in [0.1, 0.15) is 11.8 Å². The maximum atomic E-state index is 13.3. The Balaban J connectivity index is 2.18. The van der Waals surface area contributed by atoms with Crippen molar-refractivity contribution in [3.63, 3.8) is 0 Å². The number of nitrogens with one attached hydrogen (secondary N) is 1. The number of amides is 2. The average molecular weight is 538 g/mol. The highest BCUT2D eigenvalue weighted by atomic mass is 35.5. The molecule has 0 bridgehead atoms. The van der Waals surface area contributed by atoms with Crippen LogP contribution in [-0.2, 0) is 26.2 Å². The maximum absolute atomic E-state index is 13.3. The molecule has 0 saturated heterocycles. The molecule has 0 radical (unpaired) electrons. The number of benzene rings is 2. The predicted octanol–water partition coefficient (Wildman–Crippen LogP) is 4.23. The Morgan fingerprint density at radius 2 is 1.81 bits per heavy atom. The molecule has 8 nitrogen and oxygen atoms in total. The van der Waals surface area contributed by atoms with Gasteiger partial charge in [-0.15, -0.1) is 0 Å². The molecule has 2 atom stereocenters. The highest BCUT2D eigenvalue weighted by molar-refractivity contribution is 7.92. The summed E-state index contributed by atoms with van der Waals surface area (Å²) in [6, 6.07) is 13.2. The first-order valence-electron chi connectivity index (χ1n) is 11.9. The van der Waals surface area contributed by atoms with E-state index < -0.39 is 16.1 Å². The number of nitrogens with zero attached hydrogens (tertiary/aromatic N) is 2. The second-order valence-electron chi connectivity index (χ2n) is 8.79. The van der Waals surface area contributed by atoms with Crippen LogP contribution in [-0.4, -0.2) is 57.1 Å². The molecule has 0 fully saturated rings. The van der Waals surface area contributed by atoms with Crippen molar-refractivity contribution in [1.82, 2.24) is 10.2 Å². The molecule has 0 aliphatic carbocycles. The average Bonchev–Trinajstić information content (AvgIpc) is 2.83. The molecule has 2 aromatic rings. The molecule has 0 saturated carbocycles. The van der Waals surface area contributed by atoms with Crippen LogP contribution >= 0.6 is 11.6 Å². The Bertz CT molecular complexity index is 1140. The summed E-state index contributed by atoms with van der Waals surface area (Å²) < 4.78 is 31.4. The fraction of sp³-hybridized carbons (Fsp3) is 0.462. The quantitative estimate of drug-likeness (QED) is 0.412. The van der Waals surface area contributed by atoms with Gasteiger partial charge in [0.15, 0.2) is 0 Å². The van der Waals surface area contributed by atoms with E-state index in [0.29, 0.717) is 16.5 Å². The summed E-state index contributed by atoms with van der Waals surface area (Å²) in [6.45, 7) is 5.89. The lowest BCUT2D eigenvalue weighted by Gasteiger charge is -2.30. The van der Waals surface area contributed by atoms with Crippen molar-refractivity contribution in [2.75, 3.05) is 24.2 Å². The third-order valence-corrected chi connectivity index (χ3v) is 7.33. The molecule has 2 rings (SSSR count). The maximum Gasteiger partial charge on any atom is 0.242 e. The SMILES string of the molecule is CC[C@H](C)NC(=O)[C@H](C)N(Cc1cccc(Cl)c1)C(=O)CCCN(c1cccc(OC)c1)S(C)(=O)=O. The van der Waals surface area contributed by atoms with Gasteiger partial charge in [0.05, 0.1) is 19.1 Å². The van der Waals surface area contributed by atoms with Crippen molar-refractivity contribution in [3.05, 3.63) is 59.1 Å². The van der Waals surface area contributed by atoms with Gasteiger partial charge in [-0.05, 0) is 56.5 Å². The minimum Gasteiger partial charge on any atom is -0.497 e. The standard InChI is InChI=1S/C26H36ClN3O5S/c1-6-19(2)28-26(32)20(3)29(18-21-10-7-11-22(27)16-21)25(31)14-9-15-30(36(5,33)34)23-12-8-13-24(17-23)35-4/h7-8,10-13,16-17,19-20H,6,9,14-15,18H2,1-5H3,(H,28,32)/t19-,20-/m0/s1. The summed E-state index contributed by atoms with van der Waals surface area (Å²) >= 11 is 6.12. The molecular weight excluding hydrogens is 502 g/mol. The summed E-state index contributed by atoms with van der Waals surface area (Å²) in [6.07, 6.45) is 2.24. The number of carbonyl (C=O) groups is 2. The van der Waals surface area contributed by atoms with Crippen LogP contribution in [0.4, 0.5) is 5.69 Å². The molecule has 2 aromatic carbocycles. The molecule has 198 valence electrons. The Labute approximate surface area is 219 Å².